The predicted octanol–water partition coefficient (Wildman–Crippen LogP) is 2.82. The van der Waals surface area contributed by atoms with E-state index >= 15 is 0 Å². The van der Waals surface area contributed by atoms with E-state index in [0.29, 0.717) is 22.8 Å². The number of carboxylic acid groups (broad SMARTS) is 1. The number of aryl methyl sites for hydroxylation is 1. The number of anilines is 1. The molecular formula is C15H15NO5. The average Bonchev–Trinajstić information content (AvgIpc) is 2.79. The summed E-state index contributed by atoms with van der Waals surface area (Å²) in [5.41, 5.74) is 1.24. The Labute approximate surface area is 121 Å². The summed E-state index contributed by atoms with van der Waals surface area (Å²) in [6.45, 7) is 3.23. The van der Waals surface area contributed by atoms with E-state index in [1.54, 1.807) is 37.3 Å². The fraction of sp³-hybridized carbons (Fsp3) is 0.200. The number of benzene rings is 1. The van der Waals surface area contributed by atoms with Crippen molar-refractivity contribution in [2.75, 3.05) is 5.32 Å². The summed E-state index contributed by atoms with van der Waals surface area (Å²) >= 11 is 0. The normalized spacial score (nSPS) is 10.2. The van der Waals surface area contributed by atoms with Gasteiger partial charge in [-0.2, -0.15) is 0 Å². The number of carboxylic acids is 1. The zero-order valence-corrected chi connectivity index (χ0v) is 11.7. The molecule has 0 fully saturated rings. The van der Waals surface area contributed by atoms with Crippen LogP contribution in [0.25, 0.3) is 0 Å². The van der Waals surface area contributed by atoms with Crippen molar-refractivity contribution in [1.82, 2.24) is 0 Å². The van der Waals surface area contributed by atoms with Gasteiger partial charge in [0.15, 0.2) is 0 Å². The zero-order valence-electron chi connectivity index (χ0n) is 11.7. The van der Waals surface area contributed by atoms with Crippen LogP contribution in [0.1, 0.15) is 28.8 Å². The molecule has 0 aliphatic rings. The topological polar surface area (TPSA) is 88.8 Å². The first-order valence-electron chi connectivity index (χ1n) is 6.29. The van der Waals surface area contributed by atoms with E-state index in [4.69, 9.17) is 14.3 Å². The third-order valence-corrected chi connectivity index (χ3v) is 2.72. The monoisotopic (exact) mass is 289 g/mol. The Morgan fingerprint density at radius 2 is 1.95 bits per heavy atom. The Hall–Kier alpha value is -2.76. The third-order valence-electron chi connectivity index (χ3n) is 2.72. The number of aromatic carboxylic acids is 1. The van der Waals surface area contributed by atoms with E-state index in [0.717, 1.165) is 0 Å². The predicted molar refractivity (Wildman–Crippen MR) is 75.5 cm³/mol. The highest BCUT2D eigenvalue weighted by Crippen LogP contribution is 2.19. The van der Waals surface area contributed by atoms with Crippen molar-refractivity contribution in [3.63, 3.8) is 0 Å². The van der Waals surface area contributed by atoms with Crippen molar-refractivity contribution in [2.24, 2.45) is 0 Å². The minimum absolute atomic E-state index is 0.0744. The van der Waals surface area contributed by atoms with Gasteiger partial charge in [0.05, 0.1) is 0 Å². The second-order valence-corrected chi connectivity index (χ2v) is 4.52. The molecule has 0 spiro atoms. The van der Waals surface area contributed by atoms with E-state index < -0.39 is 5.97 Å². The van der Waals surface area contributed by atoms with Gasteiger partial charge in [-0.15, -0.1) is 0 Å². The molecule has 1 aromatic carbocycles. The second-order valence-electron chi connectivity index (χ2n) is 4.52. The van der Waals surface area contributed by atoms with Crippen LogP contribution < -0.4 is 10.1 Å². The lowest BCUT2D eigenvalue weighted by Crippen LogP contribution is -2.05. The van der Waals surface area contributed by atoms with Crippen molar-refractivity contribution in [3.05, 3.63) is 47.4 Å². The maximum atomic E-state index is 10.9. The van der Waals surface area contributed by atoms with E-state index in [1.807, 2.05) is 0 Å². The summed E-state index contributed by atoms with van der Waals surface area (Å²) in [5, 5.41) is 11.5. The van der Waals surface area contributed by atoms with Crippen molar-refractivity contribution in [2.45, 2.75) is 20.5 Å². The number of carbonyl (C=O) groups excluding carboxylic acids is 1. The van der Waals surface area contributed by atoms with Crippen molar-refractivity contribution < 1.29 is 23.8 Å². The fourth-order valence-electron chi connectivity index (χ4n) is 1.82. The maximum Gasteiger partial charge on any atom is 0.372 e. The number of nitrogens with one attached hydrogen (secondary N) is 1. The molecule has 0 bridgehead atoms. The lowest BCUT2D eigenvalue weighted by Gasteiger charge is -2.06. The molecule has 110 valence electrons. The zero-order chi connectivity index (χ0) is 15.4. The van der Waals surface area contributed by atoms with Crippen molar-refractivity contribution >= 4 is 17.6 Å². The molecule has 1 aromatic heterocycles. The lowest BCUT2D eigenvalue weighted by molar-refractivity contribution is -0.114. The highest BCUT2D eigenvalue weighted by atomic mass is 16.5. The Kier molecular flexibility index (Phi) is 4.27. The minimum atomic E-state index is -1.10. The molecule has 1 amide bonds. The molecule has 2 rings (SSSR count). The van der Waals surface area contributed by atoms with Gasteiger partial charge in [0.1, 0.15) is 18.1 Å². The number of furan rings is 1. The second kappa shape index (κ2) is 6.13. The summed E-state index contributed by atoms with van der Waals surface area (Å²) in [6, 6.07) is 8.48. The Balaban J connectivity index is 1.98. The number of hydrogen-bond acceptors (Lipinski definition) is 4. The molecule has 1 heterocycles. The molecule has 21 heavy (non-hydrogen) atoms. The third kappa shape index (κ3) is 3.85. The maximum absolute atomic E-state index is 10.9. The quantitative estimate of drug-likeness (QED) is 0.883. The summed E-state index contributed by atoms with van der Waals surface area (Å²) in [6.07, 6.45) is 0. The Morgan fingerprint density at radius 1 is 1.29 bits per heavy atom. The molecule has 2 aromatic rings. The molecule has 0 saturated heterocycles. The molecular weight excluding hydrogens is 274 g/mol. The van der Waals surface area contributed by atoms with Gasteiger partial charge in [-0.25, -0.2) is 4.79 Å². The fourth-order valence-corrected chi connectivity index (χ4v) is 1.82. The first-order chi connectivity index (χ1) is 9.95. The van der Waals surface area contributed by atoms with Gasteiger partial charge in [0.2, 0.25) is 11.7 Å². The smallest absolute Gasteiger partial charge is 0.372 e. The van der Waals surface area contributed by atoms with E-state index in [1.165, 1.54) is 6.92 Å². The first kappa shape index (κ1) is 14.6. The van der Waals surface area contributed by atoms with Crippen LogP contribution in [-0.4, -0.2) is 17.0 Å². The SMILES string of the molecule is CC(=O)Nc1ccc(OCc2cc(C)c(C(=O)O)o2)cc1. The summed E-state index contributed by atoms with van der Waals surface area (Å²) in [5.74, 6) is -0.283. The van der Waals surface area contributed by atoms with Crippen LogP contribution in [0.2, 0.25) is 0 Å². The molecule has 6 nitrogen and oxygen atoms in total. The highest BCUT2D eigenvalue weighted by molar-refractivity contribution is 5.88. The number of hydrogen-bond donors (Lipinski definition) is 2. The van der Waals surface area contributed by atoms with Gasteiger partial charge in [-0.1, -0.05) is 0 Å². The van der Waals surface area contributed by atoms with E-state index in [9.17, 15) is 9.59 Å². The van der Waals surface area contributed by atoms with Gasteiger partial charge in [0.25, 0.3) is 0 Å². The van der Waals surface area contributed by atoms with Crippen molar-refractivity contribution in [1.29, 1.82) is 0 Å². The minimum Gasteiger partial charge on any atom is -0.486 e. The first-order valence-corrected chi connectivity index (χ1v) is 6.29. The molecule has 0 radical (unpaired) electrons. The van der Waals surface area contributed by atoms with Crippen LogP contribution in [-0.2, 0) is 11.4 Å². The average molecular weight is 289 g/mol. The van der Waals surface area contributed by atoms with Crippen LogP contribution in [0, 0.1) is 6.92 Å². The van der Waals surface area contributed by atoms with Gasteiger partial charge in [-0.3, -0.25) is 4.79 Å². The largest absolute Gasteiger partial charge is 0.486 e. The Bertz CT molecular complexity index is 657. The van der Waals surface area contributed by atoms with Gasteiger partial charge >= 0.3 is 5.97 Å². The Morgan fingerprint density at radius 3 is 2.48 bits per heavy atom. The van der Waals surface area contributed by atoms with Crippen LogP contribution in [0.3, 0.4) is 0 Å². The lowest BCUT2D eigenvalue weighted by atomic mass is 10.2. The number of amides is 1. The molecule has 0 atom stereocenters. The van der Waals surface area contributed by atoms with E-state index in [-0.39, 0.29) is 18.3 Å². The van der Waals surface area contributed by atoms with Crippen LogP contribution in [0.4, 0.5) is 5.69 Å². The van der Waals surface area contributed by atoms with E-state index in [2.05, 4.69) is 5.32 Å². The molecule has 0 unspecified atom stereocenters. The van der Waals surface area contributed by atoms with Gasteiger partial charge < -0.3 is 19.6 Å². The molecule has 2 N–H and O–H groups in total. The summed E-state index contributed by atoms with van der Waals surface area (Å²) in [7, 11) is 0. The summed E-state index contributed by atoms with van der Waals surface area (Å²) < 4.78 is 10.7. The van der Waals surface area contributed by atoms with Gasteiger partial charge in [-0.05, 0) is 37.3 Å². The molecule has 6 heteroatoms. The number of rotatable bonds is 5. The molecule has 0 aliphatic carbocycles. The van der Waals surface area contributed by atoms with Crippen molar-refractivity contribution in [3.8, 4) is 5.75 Å². The highest BCUT2D eigenvalue weighted by Gasteiger charge is 2.14. The molecule has 0 saturated carbocycles. The van der Waals surface area contributed by atoms with Crippen LogP contribution in [0.5, 0.6) is 5.75 Å². The standard InChI is InChI=1S/C15H15NO5/c1-9-7-13(21-14(9)15(18)19)8-20-12-5-3-11(4-6-12)16-10(2)17/h3-7H,8H2,1-2H3,(H,16,17)(H,18,19). The van der Waals surface area contributed by atoms with Gasteiger partial charge in [0, 0.05) is 18.2 Å². The number of carbonyl (C=O) groups is 2. The van der Waals surface area contributed by atoms with Crippen LogP contribution >= 0.6 is 0 Å². The summed E-state index contributed by atoms with van der Waals surface area (Å²) in [4.78, 5) is 21.8. The molecule has 0 aliphatic heterocycles. The van der Waals surface area contributed by atoms with Crippen LogP contribution in [0.15, 0.2) is 34.7 Å². The number of ether oxygens (including phenoxy) is 1.